The van der Waals surface area contributed by atoms with Crippen molar-refractivity contribution >= 4 is 5.91 Å². The van der Waals surface area contributed by atoms with Crippen LogP contribution >= 0.6 is 0 Å². The van der Waals surface area contributed by atoms with Crippen LogP contribution in [0.25, 0.3) is 0 Å². The van der Waals surface area contributed by atoms with Gasteiger partial charge in [0.05, 0.1) is 18.6 Å². The molecule has 0 spiro atoms. The zero-order valence-electron chi connectivity index (χ0n) is 13.5. The molecular weight excluding hydrogens is 309 g/mol. The fourth-order valence-corrected chi connectivity index (χ4v) is 2.95. The number of methoxy groups -OCH3 is 1. The predicted octanol–water partition coefficient (Wildman–Crippen LogP) is 2.72. The lowest BCUT2D eigenvalue weighted by Gasteiger charge is -2.19. The summed E-state index contributed by atoms with van der Waals surface area (Å²) < 4.78 is 18.3. The summed E-state index contributed by atoms with van der Waals surface area (Å²) in [6.07, 6.45) is 0.610. The number of aliphatic hydroxyl groups is 1. The first-order valence-electron chi connectivity index (χ1n) is 7.92. The van der Waals surface area contributed by atoms with Crippen molar-refractivity contribution in [2.45, 2.75) is 24.4 Å². The van der Waals surface area contributed by atoms with Gasteiger partial charge in [-0.05, 0) is 36.6 Å². The van der Waals surface area contributed by atoms with Crippen LogP contribution in [0.1, 0.15) is 30.1 Å². The van der Waals surface area contributed by atoms with Gasteiger partial charge in [-0.1, -0.05) is 30.3 Å². The molecule has 0 heterocycles. The number of hydrogen-bond donors (Lipinski definition) is 2. The fraction of sp³-hybridized carbons (Fsp3) is 0.316. The number of rotatable bonds is 6. The summed E-state index contributed by atoms with van der Waals surface area (Å²) in [5.41, 5.74) is 0.855. The number of nitrogens with one attached hydrogen (secondary N) is 1. The molecule has 4 nitrogen and oxygen atoms in total. The highest BCUT2D eigenvalue weighted by molar-refractivity contribution is 5.91. The average Bonchev–Trinajstić information content (AvgIpc) is 3.42. The van der Waals surface area contributed by atoms with Crippen LogP contribution in [0.15, 0.2) is 48.5 Å². The van der Waals surface area contributed by atoms with Crippen LogP contribution in [0.5, 0.6) is 5.75 Å². The quantitative estimate of drug-likeness (QED) is 0.857. The lowest BCUT2D eigenvalue weighted by molar-refractivity contribution is -0.124. The van der Waals surface area contributed by atoms with Crippen LogP contribution < -0.4 is 10.1 Å². The average molecular weight is 329 g/mol. The molecule has 0 radical (unpaired) electrons. The molecule has 1 saturated carbocycles. The Kier molecular flexibility index (Phi) is 4.53. The number of aliphatic hydroxyl groups excluding tert-OH is 1. The smallest absolute Gasteiger partial charge is 0.230 e. The van der Waals surface area contributed by atoms with Crippen LogP contribution in [0.3, 0.4) is 0 Å². The Labute approximate surface area is 140 Å². The van der Waals surface area contributed by atoms with Gasteiger partial charge >= 0.3 is 0 Å². The highest BCUT2D eigenvalue weighted by Crippen LogP contribution is 2.48. The molecule has 1 aliphatic carbocycles. The molecule has 1 aliphatic rings. The van der Waals surface area contributed by atoms with Gasteiger partial charge < -0.3 is 15.2 Å². The molecule has 2 N–H and O–H groups in total. The number of halogens is 1. The van der Waals surface area contributed by atoms with Crippen molar-refractivity contribution < 1.29 is 19.0 Å². The first-order valence-corrected chi connectivity index (χ1v) is 7.92. The Morgan fingerprint density at radius 3 is 2.54 bits per heavy atom. The van der Waals surface area contributed by atoms with Gasteiger partial charge in [0.1, 0.15) is 11.6 Å². The van der Waals surface area contributed by atoms with E-state index >= 15 is 0 Å². The summed E-state index contributed by atoms with van der Waals surface area (Å²) in [5, 5.41) is 13.1. The van der Waals surface area contributed by atoms with E-state index in [4.69, 9.17) is 4.74 Å². The summed E-state index contributed by atoms with van der Waals surface area (Å²) >= 11 is 0. The molecule has 0 aliphatic heterocycles. The molecule has 5 heteroatoms. The van der Waals surface area contributed by atoms with Gasteiger partial charge in [0, 0.05) is 12.1 Å². The first kappa shape index (κ1) is 16.5. The number of carbonyl (C=O) groups excluding carboxylic acids is 1. The molecule has 1 unspecified atom stereocenters. The SMILES string of the molecule is COc1ccccc1C(O)CNC(=O)C1(c2ccc(F)cc2)CC1. The molecule has 1 atom stereocenters. The highest BCUT2D eigenvalue weighted by Gasteiger charge is 2.51. The zero-order chi connectivity index (χ0) is 17.2. The van der Waals surface area contributed by atoms with E-state index in [1.807, 2.05) is 12.1 Å². The Hall–Kier alpha value is -2.40. The summed E-state index contributed by atoms with van der Waals surface area (Å²) in [6, 6.07) is 13.2. The molecule has 0 bridgehead atoms. The van der Waals surface area contributed by atoms with Crippen molar-refractivity contribution in [2.75, 3.05) is 13.7 Å². The minimum atomic E-state index is -0.853. The van der Waals surface area contributed by atoms with E-state index in [9.17, 15) is 14.3 Å². The van der Waals surface area contributed by atoms with Crippen LogP contribution in [0.2, 0.25) is 0 Å². The summed E-state index contributed by atoms with van der Waals surface area (Å²) in [5.74, 6) is 0.128. The Morgan fingerprint density at radius 1 is 1.25 bits per heavy atom. The van der Waals surface area contributed by atoms with Gasteiger partial charge in [-0.25, -0.2) is 4.39 Å². The molecular formula is C19H20FNO3. The predicted molar refractivity (Wildman–Crippen MR) is 88.3 cm³/mol. The largest absolute Gasteiger partial charge is 0.496 e. The zero-order valence-corrected chi connectivity index (χ0v) is 13.5. The van der Waals surface area contributed by atoms with E-state index < -0.39 is 11.5 Å². The normalized spacial score (nSPS) is 16.3. The monoisotopic (exact) mass is 329 g/mol. The van der Waals surface area contributed by atoms with Crippen molar-refractivity contribution in [3.8, 4) is 5.75 Å². The number of hydrogen-bond acceptors (Lipinski definition) is 3. The Bertz CT molecular complexity index is 726. The molecule has 1 amide bonds. The van der Waals surface area contributed by atoms with Crippen molar-refractivity contribution in [1.29, 1.82) is 0 Å². The van der Waals surface area contributed by atoms with Crippen LogP contribution in [-0.2, 0) is 10.2 Å². The number of benzene rings is 2. The molecule has 3 rings (SSSR count). The third kappa shape index (κ3) is 3.12. The molecule has 1 fully saturated rings. The molecule has 2 aromatic rings. The van der Waals surface area contributed by atoms with Crippen LogP contribution in [0.4, 0.5) is 4.39 Å². The summed E-state index contributed by atoms with van der Waals surface area (Å²) in [4.78, 5) is 12.6. The Morgan fingerprint density at radius 2 is 1.92 bits per heavy atom. The number of ether oxygens (including phenoxy) is 1. The van der Waals surface area contributed by atoms with E-state index in [2.05, 4.69) is 5.32 Å². The second-order valence-corrected chi connectivity index (χ2v) is 6.06. The maximum Gasteiger partial charge on any atom is 0.230 e. The van der Waals surface area contributed by atoms with Gasteiger partial charge in [0.15, 0.2) is 0 Å². The van der Waals surface area contributed by atoms with E-state index in [1.165, 1.54) is 19.2 Å². The van der Waals surface area contributed by atoms with Crippen LogP contribution in [-0.4, -0.2) is 24.7 Å². The maximum absolute atomic E-state index is 13.1. The molecule has 0 saturated heterocycles. The molecule has 24 heavy (non-hydrogen) atoms. The number of para-hydroxylation sites is 1. The second-order valence-electron chi connectivity index (χ2n) is 6.06. The number of amides is 1. The van der Waals surface area contributed by atoms with E-state index in [-0.39, 0.29) is 18.3 Å². The summed E-state index contributed by atoms with van der Waals surface area (Å²) in [6.45, 7) is 0.0994. The fourth-order valence-electron chi connectivity index (χ4n) is 2.95. The molecule has 126 valence electrons. The van der Waals surface area contributed by atoms with Crippen molar-refractivity contribution in [2.24, 2.45) is 0 Å². The van der Waals surface area contributed by atoms with Crippen molar-refractivity contribution in [3.05, 3.63) is 65.5 Å². The van der Waals surface area contributed by atoms with Crippen molar-refractivity contribution in [1.82, 2.24) is 5.32 Å². The molecule has 2 aromatic carbocycles. The van der Waals surface area contributed by atoms with Gasteiger partial charge in [-0.2, -0.15) is 0 Å². The standard InChI is InChI=1S/C19H20FNO3/c1-24-17-5-3-2-4-15(17)16(22)12-21-18(23)19(10-11-19)13-6-8-14(20)9-7-13/h2-9,16,22H,10-12H2,1H3,(H,21,23). The van der Waals surface area contributed by atoms with E-state index in [0.717, 1.165) is 18.4 Å². The molecule has 0 aromatic heterocycles. The Balaban J connectivity index is 1.66. The first-order chi connectivity index (χ1) is 11.6. The minimum Gasteiger partial charge on any atom is -0.496 e. The van der Waals surface area contributed by atoms with E-state index in [0.29, 0.717) is 11.3 Å². The van der Waals surface area contributed by atoms with Gasteiger partial charge in [0.25, 0.3) is 0 Å². The number of carbonyl (C=O) groups is 1. The van der Waals surface area contributed by atoms with Gasteiger partial charge in [-0.3, -0.25) is 4.79 Å². The topological polar surface area (TPSA) is 58.6 Å². The third-order valence-electron chi connectivity index (χ3n) is 4.54. The van der Waals surface area contributed by atoms with Gasteiger partial charge in [0.2, 0.25) is 5.91 Å². The van der Waals surface area contributed by atoms with E-state index in [1.54, 1.807) is 24.3 Å². The lowest BCUT2D eigenvalue weighted by Crippen LogP contribution is -2.37. The highest BCUT2D eigenvalue weighted by atomic mass is 19.1. The summed E-state index contributed by atoms with van der Waals surface area (Å²) in [7, 11) is 1.54. The lowest BCUT2D eigenvalue weighted by atomic mass is 9.95. The van der Waals surface area contributed by atoms with Crippen LogP contribution in [0, 0.1) is 5.82 Å². The third-order valence-corrected chi connectivity index (χ3v) is 4.54. The second kappa shape index (κ2) is 6.61. The van der Waals surface area contributed by atoms with Gasteiger partial charge in [-0.15, -0.1) is 0 Å². The van der Waals surface area contributed by atoms with Crippen molar-refractivity contribution in [3.63, 3.8) is 0 Å². The maximum atomic E-state index is 13.1. The minimum absolute atomic E-state index is 0.0994.